The molecule has 0 amide bonds. The fourth-order valence-electron chi connectivity index (χ4n) is 13.6. The zero-order valence-electron chi connectivity index (χ0n) is 41.6. The minimum Gasteiger partial charge on any atom is -0.456 e. The summed E-state index contributed by atoms with van der Waals surface area (Å²) in [7, 11) is 0. The number of nitrogens with zero attached hydrogens (tertiary/aromatic N) is 2. The van der Waals surface area contributed by atoms with Gasteiger partial charge in [0, 0.05) is 69.9 Å². The third-order valence-electron chi connectivity index (χ3n) is 17.6. The molecule has 0 unspecified atom stereocenters. The molecule has 0 saturated heterocycles. The third kappa shape index (κ3) is 5.32. The summed E-state index contributed by atoms with van der Waals surface area (Å²) in [5, 5.41) is 6.36. The van der Waals surface area contributed by atoms with Crippen molar-refractivity contribution in [1.82, 2.24) is 4.57 Å². The van der Waals surface area contributed by atoms with E-state index in [1.807, 2.05) is 11.3 Å². The molecule has 0 saturated carbocycles. The molecular formula is C65H55BN2OS. The number of rotatable bonds is 2. The molecule has 0 fully saturated rings. The summed E-state index contributed by atoms with van der Waals surface area (Å²) in [6.07, 6.45) is 2.40. The molecular weight excluding hydrogens is 868 g/mol. The van der Waals surface area contributed by atoms with Crippen LogP contribution >= 0.6 is 11.3 Å². The van der Waals surface area contributed by atoms with Crippen LogP contribution < -0.4 is 15.7 Å². The fourth-order valence-corrected chi connectivity index (χ4v) is 14.7. The molecule has 0 radical (unpaired) electrons. The first-order chi connectivity index (χ1) is 33.5. The van der Waals surface area contributed by atoms with E-state index in [-0.39, 0.29) is 28.5 Å². The van der Waals surface area contributed by atoms with Crippen LogP contribution in [-0.2, 0) is 21.7 Å². The van der Waals surface area contributed by atoms with Crippen LogP contribution in [0.4, 0.5) is 11.4 Å². The normalized spacial score (nSPS) is 16.8. The fraction of sp³-hybridized carbons (Fsp3) is 0.231. The van der Waals surface area contributed by atoms with Crippen molar-refractivity contribution in [3.05, 3.63) is 173 Å². The minimum absolute atomic E-state index is 0.0227. The van der Waals surface area contributed by atoms with Gasteiger partial charge in [0.25, 0.3) is 0 Å². The van der Waals surface area contributed by atoms with Crippen molar-refractivity contribution < 1.29 is 4.42 Å². The van der Waals surface area contributed by atoms with Crippen LogP contribution in [0.3, 0.4) is 0 Å². The second-order valence-corrected chi connectivity index (χ2v) is 25.1. The molecule has 11 aromatic rings. The van der Waals surface area contributed by atoms with Gasteiger partial charge in [0.2, 0.25) is 0 Å². The second-order valence-electron chi connectivity index (χ2n) is 24.0. The summed E-state index contributed by atoms with van der Waals surface area (Å²) in [4.78, 5) is 2.71. The van der Waals surface area contributed by atoms with E-state index in [2.05, 4.69) is 217 Å². The molecule has 2 aliphatic carbocycles. The molecule has 0 spiro atoms. The van der Waals surface area contributed by atoms with Crippen molar-refractivity contribution in [1.29, 1.82) is 0 Å². The Morgan fingerprint density at radius 3 is 2.04 bits per heavy atom. The van der Waals surface area contributed by atoms with Crippen LogP contribution in [0.15, 0.2) is 150 Å². The second kappa shape index (κ2) is 13.3. The van der Waals surface area contributed by atoms with Gasteiger partial charge >= 0.3 is 6.85 Å². The molecule has 5 heteroatoms. The van der Waals surface area contributed by atoms with Crippen molar-refractivity contribution in [2.45, 2.75) is 96.8 Å². The number of hydrogen-bond acceptors (Lipinski definition) is 3. The van der Waals surface area contributed by atoms with Crippen LogP contribution in [-0.4, -0.2) is 11.4 Å². The Morgan fingerprint density at radius 1 is 0.557 bits per heavy atom. The quantitative estimate of drug-likeness (QED) is 0.161. The average Bonchev–Trinajstić information content (AvgIpc) is 4.09. The summed E-state index contributed by atoms with van der Waals surface area (Å²) in [5.74, 6) is 0.889. The van der Waals surface area contributed by atoms with Crippen LogP contribution in [0.5, 0.6) is 0 Å². The van der Waals surface area contributed by atoms with Gasteiger partial charge < -0.3 is 13.8 Å². The zero-order valence-corrected chi connectivity index (χ0v) is 42.4. The summed E-state index contributed by atoms with van der Waals surface area (Å²) < 4.78 is 12.2. The van der Waals surface area contributed by atoms with Gasteiger partial charge in [-0.25, -0.2) is 0 Å². The van der Waals surface area contributed by atoms with Crippen LogP contribution in [0.1, 0.15) is 103 Å². The third-order valence-corrected chi connectivity index (χ3v) is 18.7. The molecule has 0 atom stereocenters. The highest BCUT2D eigenvalue weighted by molar-refractivity contribution is 7.25. The minimum atomic E-state index is -0.194. The van der Waals surface area contributed by atoms with Crippen LogP contribution in [0.2, 0.25) is 0 Å². The summed E-state index contributed by atoms with van der Waals surface area (Å²) >= 11 is 1.90. The maximum Gasteiger partial charge on any atom is 0.333 e. The SMILES string of the molecule is CC(C)(C)c1ccc(N2B3c4cc5oc(-c6ccccc6)cc5cc4-n4c5cc6sc7ccccc7c6cc5c5ccc(c3c54)-c3cc4c(cc32)C(C)(C)c2cc3c(cc2-4)C(C)(C)CCC3(C)C)cc1. The van der Waals surface area contributed by atoms with Gasteiger partial charge in [0.05, 0.1) is 11.0 Å². The Morgan fingerprint density at radius 2 is 1.27 bits per heavy atom. The first-order valence-corrected chi connectivity index (χ1v) is 26.2. The number of anilines is 2. The maximum atomic E-state index is 6.92. The Balaban J connectivity index is 1.07. The summed E-state index contributed by atoms with van der Waals surface area (Å²) in [6.45, 7) is 21.6. The molecule has 0 N–H and O–H groups in total. The Kier molecular flexibility index (Phi) is 7.81. The Hall–Kier alpha value is -6.82. The average molecular weight is 923 g/mol. The molecule has 70 heavy (non-hydrogen) atoms. The van der Waals surface area contributed by atoms with E-state index < -0.39 is 0 Å². The van der Waals surface area contributed by atoms with Gasteiger partial charge in [-0.05, 0) is 151 Å². The van der Waals surface area contributed by atoms with Gasteiger partial charge in [-0.2, -0.15) is 0 Å². The lowest BCUT2D eigenvalue weighted by molar-refractivity contribution is 0.331. The predicted octanol–water partition coefficient (Wildman–Crippen LogP) is 16.8. The lowest BCUT2D eigenvalue weighted by Crippen LogP contribution is -2.60. The zero-order chi connectivity index (χ0) is 47.5. The molecule has 15 rings (SSSR count). The standard InChI is InChI=1S/C65H55BN2OS/c1-62(2,3)38-19-21-39(22-20-38)68-54-33-49-43(44-31-50-51(32-48(44)65(49,8)9)64(6,7)26-25-63(50,4)5)29-45(54)41-23-24-42-46-30-47-40-17-13-14-18-58(40)70-59(47)35-53(46)67-55-27-37-28-56(36-15-11-10-12-16-36)69-57(37)34-52(55)66(68)60(41)61(42)67/h10-24,27-35H,25-26H2,1-9H3. The van der Waals surface area contributed by atoms with Crippen LogP contribution in [0.25, 0.3) is 92.2 Å². The molecule has 8 aromatic carbocycles. The van der Waals surface area contributed by atoms with E-state index in [1.54, 1.807) is 0 Å². The molecule has 0 bridgehead atoms. The van der Waals surface area contributed by atoms with Gasteiger partial charge in [0.15, 0.2) is 0 Å². The number of fused-ring (bicyclic) bond motifs is 16. The van der Waals surface area contributed by atoms with E-state index in [0.29, 0.717) is 0 Å². The highest BCUT2D eigenvalue weighted by Gasteiger charge is 2.48. The molecule has 3 aromatic heterocycles. The van der Waals surface area contributed by atoms with E-state index in [9.17, 15) is 0 Å². The number of hydrogen-bond donors (Lipinski definition) is 0. The van der Waals surface area contributed by atoms with Gasteiger partial charge in [0.1, 0.15) is 11.3 Å². The highest BCUT2D eigenvalue weighted by Crippen LogP contribution is 2.58. The van der Waals surface area contributed by atoms with E-state index in [0.717, 1.165) is 22.3 Å². The van der Waals surface area contributed by atoms with Crippen molar-refractivity contribution in [3.8, 4) is 39.3 Å². The topological polar surface area (TPSA) is 21.3 Å². The van der Waals surface area contributed by atoms with Gasteiger partial charge in [-0.1, -0.05) is 141 Å². The Labute approximate surface area is 414 Å². The van der Waals surface area contributed by atoms with Crippen molar-refractivity contribution in [3.63, 3.8) is 0 Å². The molecule has 5 heterocycles. The lowest BCUT2D eigenvalue weighted by Gasteiger charge is -2.42. The maximum absolute atomic E-state index is 6.92. The lowest BCUT2D eigenvalue weighted by atomic mass is 9.44. The first-order valence-electron chi connectivity index (χ1n) is 25.4. The predicted molar refractivity (Wildman–Crippen MR) is 299 cm³/mol. The number of furan rings is 1. The van der Waals surface area contributed by atoms with E-state index in [1.165, 1.54) is 133 Å². The first kappa shape index (κ1) is 41.0. The number of aromatic nitrogens is 1. The van der Waals surface area contributed by atoms with Gasteiger partial charge in [-0.3, -0.25) is 0 Å². The Bertz CT molecular complexity index is 4130. The van der Waals surface area contributed by atoms with Crippen LogP contribution in [0, 0.1) is 0 Å². The molecule has 340 valence electrons. The molecule has 4 aliphatic rings. The van der Waals surface area contributed by atoms with E-state index in [4.69, 9.17) is 4.42 Å². The van der Waals surface area contributed by atoms with Crippen molar-refractivity contribution in [2.24, 2.45) is 0 Å². The summed E-state index contributed by atoms with van der Waals surface area (Å²) in [5.41, 5.74) is 23.6. The van der Waals surface area contributed by atoms with Crippen molar-refractivity contribution >= 4 is 93.4 Å². The number of thiophene rings is 1. The largest absolute Gasteiger partial charge is 0.456 e. The molecule has 3 nitrogen and oxygen atoms in total. The summed E-state index contributed by atoms with van der Waals surface area (Å²) in [6, 6.07) is 56.4. The highest BCUT2D eigenvalue weighted by atomic mass is 32.1. The van der Waals surface area contributed by atoms with Gasteiger partial charge in [-0.15, -0.1) is 11.3 Å². The monoisotopic (exact) mass is 922 g/mol. The molecule has 2 aliphatic heterocycles. The van der Waals surface area contributed by atoms with Crippen molar-refractivity contribution in [2.75, 3.05) is 4.81 Å². The smallest absolute Gasteiger partial charge is 0.333 e. The number of benzene rings is 8. The van der Waals surface area contributed by atoms with E-state index >= 15 is 0 Å².